The Bertz CT molecular complexity index is 362. The lowest BCUT2D eigenvalue weighted by Crippen LogP contribution is -2.31. The zero-order chi connectivity index (χ0) is 10.3. The molecule has 1 N–H and O–H groups in total. The first kappa shape index (κ1) is 9.16. The lowest BCUT2D eigenvalue weighted by Gasteiger charge is -2.15. The highest BCUT2D eigenvalue weighted by Gasteiger charge is 2.35. The monoisotopic (exact) mass is 204 g/mol. The summed E-state index contributed by atoms with van der Waals surface area (Å²) in [5.74, 6) is 1.72. The second-order valence-corrected chi connectivity index (χ2v) is 4.51. The first-order valence-corrected chi connectivity index (χ1v) is 5.69. The van der Waals surface area contributed by atoms with Crippen LogP contribution in [0.15, 0.2) is 18.3 Å². The van der Waals surface area contributed by atoms with Crippen LogP contribution in [0, 0.1) is 5.92 Å². The fourth-order valence-electron chi connectivity index (χ4n) is 2.15. The van der Waals surface area contributed by atoms with Crippen LogP contribution in [0.25, 0.3) is 0 Å². The number of ether oxygens (including phenoxy) is 1. The summed E-state index contributed by atoms with van der Waals surface area (Å²) in [6, 6.07) is 4.27. The predicted octanol–water partition coefficient (Wildman–Crippen LogP) is 1.90. The van der Waals surface area contributed by atoms with E-state index in [-0.39, 0.29) is 0 Å². The number of pyridine rings is 1. The third kappa shape index (κ3) is 1.72. The maximum absolute atomic E-state index is 6.03. The van der Waals surface area contributed by atoms with Crippen molar-refractivity contribution in [1.29, 1.82) is 0 Å². The molecule has 0 amide bonds. The minimum Gasteiger partial charge on any atom is -0.487 e. The van der Waals surface area contributed by atoms with E-state index >= 15 is 0 Å². The summed E-state index contributed by atoms with van der Waals surface area (Å²) in [6.45, 7) is 3.09. The van der Waals surface area contributed by atoms with Gasteiger partial charge in [-0.05, 0) is 37.8 Å². The average molecular weight is 204 g/mol. The standard InChI is InChI=1S/C12H16N2O/c1-8-12-10(3-2-6-13-12)15-11(7-14-8)9-4-5-9/h2-3,6,8-9,11,14H,4-5,7H2,1H3/t8-,11-/m0/s1. The van der Waals surface area contributed by atoms with Gasteiger partial charge in [0.2, 0.25) is 0 Å². The van der Waals surface area contributed by atoms with Crippen molar-refractivity contribution in [3.8, 4) is 5.75 Å². The zero-order valence-electron chi connectivity index (χ0n) is 8.94. The molecule has 1 aliphatic heterocycles. The predicted molar refractivity (Wildman–Crippen MR) is 57.8 cm³/mol. The molecule has 80 valence electrons. The summed E-state index contributed by atoms with van der Waals surface area (Å²) >= 11 is 0. The normalized spacial score (nSPS) is 30.2. The second kappa shape index (κ2) is 3.49. The third-order valence-corrected chi connectivity index (χ3v) is 3.26. The number of hydrogen-bond acceptors (Lipinski definition) is 3. The molecule has 1 fully saturated rings. The SMILES string of the molecule is C[C@@H]1NC[C@@H](C2CC2)Oc2cccnc21. The average Bonchev–Trinajstić information content (AvgIpc) is 3.06. The highest BCUT2D eigenvalue weighted by atomic mass is 16.5. The fourth-order valence-corrected chi connectivity index (χ4v) is 2.15. The van der Waals surface area contributed by atoms with Crippen molar-refractivity contribution < 1.29 is 4.74 Å². The van der Waals surface area contributed by atoms with Gasteiger partial charge in [0, 0.05) is 12.7 Å². The lowest BCUT2D eigenvalue weighted by atomic mass is 10.2. The van der Waals surface area contributed by atoms with E-state index in [0.717, 1.165) is 23.9 Å². The van der Waals surface area contributed by atoms with Gasteiger partial charge in [0.25, 0.3) is 0 Å². The van der Waals surface area contributed by atoms with Gasteiger partial charge in [-0.15, -0.1) is 0 Å². The third-order valence-electron chi connectivity index (χ3n) is 3.26. The Labute approximate surface area is 89.9 Å². The maximum atomic E-state index is 6.03. The molecule has 1 aromatic heterocycles. The highest BCUT2D eigenvalue weighted by molar-refractivity contribution is 5.30. The summed E-state index contributed by atoms with van der Waals surface area (Å²) in [5.41, 5.74) is 1.04. The van der Waals surface area contributed by atoms with Crippen molar-refractivity contribution in [2.75, 3.05) is 6.54 Å². The number of hydrogen-bond donors (Lipinski definition) is 1. The van der Waals surface area contributed by atoms with Gasteiger partial charge in [-0.1, -0.05) is 0 Å². The van der Waals surface area contributed by atoms with Gasteiger partial charge in [0.05, 0.1) is 11.7 Å². The van der Waals surface area contributed by atoms with Gasteiger partial charge in [0.1, 0.15) is 11.9 Å². The molecule has 0 unspecified atom stereocenters. The summed E-state index contributed by atoms with van der Waals surface area (Å²) in [6.07, 6.45) is 4.81. The zero-order valence-corrected chi connectivity index (χ0v) is 8.94. The van der Waals surface area contributed by atoms with E-state index in [1.807, 2.05) is 18.3 Å². The molecular formula is C12H16N2O. The van der Waals surface area contributed by atoms with Crippen LogP contribution in [0.5, 0.6) is 5.75 Å². The van der Waals surface area contributed by atoms with Gasteiger partial charge < -0.3 is 10.1 Å². The van der Waals surface area contributed by atoms with E-state index in [9.17, 15) is 0 Å². The van der Waals surface area contributed by atoms with Crippen LogP contribution in [0.1, 0.15) is 31.5 Å². The van der Waals surface area contributed by atoms with E-state index in [4.69, 9.17) is 4.74 Å². The Hall–Kier alpha value is -1.09. The lowest BCUT2D eigenvalue weighted by molar-refractivity contribution is 0.181. The van der Waals surface area contributed by atoms with Gasteiger partial charge in [-0.2, -0.15) is 0 Å². The quantitative estimate of drug-likeness (QED) is 0.758. The fraction of sp³-hybridized carbons (Fsp3) is 0.583. The molecule has 0 saturated heterocycles. The van der Waals surface area contributed by atoms with Crippen molar-refractivity contribution in [2.24, 2.45) is 5.92 Å². The van der Waals surface area contributed by atoms with Crippen LogP contribution in [0.3, 0.4) is 0 Å². The second-order valence-electron chi connectivity index (χ2n) is 4.51. The molecule has 2 atom stereocenters. The first-order chi connectivity index (χ1) is 7.34. The number of nitrogens with zero attached hydrogens (tertiary/aromatic N) is 1. The Morgan fingerprint density at radius 2 is 2.33 bits per heavy atom. The van der Waals surface area contributed by atoms with Gasteiger partial charge in [-0.3, -0.25) is 4.98 Å². The Balaban J connectivity index is 1.91. The van der Waals surface area contributed by atoms with Crippen molar-refractivity contribution in [3.63, 3.8) is 0 Å². The molecule has 2 aliphatic rings. The van der Waals surface area contributed by atoms with Crippen LogP contribution in [-0.2, 0) is 0 Å². The molecule has 1 aliphatic carbocycles. The molecule has 1 aromatic rings. The van der Waals surface area contributed by atoms with E-state index < -0.39 is 0 Å². The number of nitrogens with one attached hydrogen (secondary N) is 1. The Kier molecular flexibility index (Phi) is 2.13. The van der Waals surface area contributed by atoms with Gasteiger partial charge >= 0.3 is 0 Å². The molecule has 3 nitrogen and oxygen atoms in total. The highest BCUT2D eigenvalue weighted by Crippen LogP contribution is 2.37. The number of rotatable bonds is 1. The van der Waals surface area contributed by atoms with E-state index in [2.05, 4.69) is 17.2 Å². The topological polar surface area (TPSA) is 34.1 Å². The van der Waals surface area contributed by atoms with Crippen LogP contribution in [0.4, 0.5) is 0 Å². The number of aromatic nitrogens is 1. The molecule has 3 heteroatoms. The molecule has 2 heterocycles. The molecule has 1 saturated carbocycles. The smallest absolute Gasteiger partial charge is 0.142 e. The molecular weight excluding hydrogens is 188 g/mol. The summed E-state index contributed by atoms with van der Waals surface area (Å²) in [5, 5.41) is 3.48. The maximum Gasteiger partial charge on any atom is 0.142 e. The Morgan fingerprint density at radius 1 is 1.47 bits per heavy atom. The molecule has 15 heavy (non-hydrogen) atoms. The van der Waals surface area contributed by atoms with E-state index in [0.29, 0.717) is 12.1 Å². The van der Waals surface area contributed by atoms with E-state index in [1.165, 1.54) is 12.8 Å². The van der Waals surface area contributed by atoms with Crippen molar-refractivity contribution in [3.05, 3.63) is 24.0 Å². The van der Waals surface area contributed by atoms with Crippen LogP contribution < -0.4 is 10.1 Å². The molecule has 3 rings (SSSR count). The van der Waals surface area contributed by atoms with Crippen molar-refractivity contribution >= 4 is 0 Å². The van der Waals surface area contributed by atoms with Crippen LogP contribution >= 0.6 is 0 Å². The molecule has 0 aromatic carbocycles. The van der Waals surface area contributed by atoms with Crippen molar-refractivity contribution in [2.45, 2.75) is 31.9 Å². The summed E-state index contributed by atoms with van der Waals surface area (Å²) in [4.78, 5) is 4.39. The van der Waals surface area contributed by atoms with Gasteiger partial charge in [-0.25, -0.2) is 0 Å². The van der Waals surface area contributed by atoms with Gasteiger partial charge in [0.15, 0.2) is 0 Å². The van der Waals surface area contributed by atoms with Crippen molar-refractivity contribution in [1.82, 2.24) is 10.3 Å². The minimum atomic E-state index is 0.296. The molecule has 0 spiro atoms. The van der Waals surface area contributed by atoms with E-state index in [1.54, 1.807) is 0 Å². The minimum absolute atomic E-state index is 0.296. The largest absolute Gasteiger partial charge is 0.487 e. The summed E-state index contributed by atoms with van der Waals surface area (Å²) in [7, 11) is 0. The summed E-state index contributed by atoms with van der Waals surface area (Å²) < 4.78 is 6.03. The molecule has 0 radical (unpaired) electrons. The van der Waals surface area contributed by atoms with Crippen LogP contribution in [-0.4, -0.2) is 17.6 Å². The molecule has 0 bridgehead atoms. The van der Waals surface area contributed by atoms with Crippen LogP contribution in [0.2, 0.25) is 0 Å². The number of fused-ring (bicyclic) bond motifs is 1. The first-order valence-electron chi connectivity index (χ1n) is 5.69. The Morgan fingerprint density at radius 3 is 3.13 bits per heavy atom.